The number of halogens is 1. The van der Waals surface area contributed by atoms with Crippen LogP contribution in [-0.2, 0) is 12.4 Å². The van der Waals surface area contributed by atoms with Gasteiger partial charge in [0.1, 0.15) is 11.4 Å². The highest BCUT2D eigenvalue weighted by atomic mass is 35.5. The van der Waals surface area contributed by atoms with Crippen LogP contribution in [0.4, 0.5) is 0 Å². The standard InChI is InChI=1S/C10H11ClN4O/c1-2-14-7-8(6-12-14)15-4-3-10(16)9(5-11)13-15/h3-4,6-7H,2,5H2,1H3. The quantitative estimate of drug-likeness (QED) is 0.755. The topological polar surface area (TPSA) is 52.7 Å². The van der Waals surface area contributed by atoms with Gasteiger partial charge in [-0.05, 0) is 6.92 Å². The van der Waals surface area contributed by atoms with Crippen LogP contribution in [0.3, 0.4) is 0 Å². The van der Waals surface area contributed by atoms with Crippen LogP contribution in [0.25, 0.3) is 5.69 Å². The number of nitrogens with zero attached hydrogens (tertiary/aromatic N) is 4. The van der Waals surface area contributed by atoms with Gasteiger partial charge in [-0.1, -0.05) is 0 Å². The first-order valence-corrected chi connectivity index (χ1v) is 5.45. The number of hydrogen-bond donors (Lipinski definition) is 0. The van der Waals surface area contributed by atoms with E-state index in [2.05, 4.69) is 10.2 Å². The molecule has 0 aromatic carbocycles. The predicted octanol–water partition coefficient (Wildman–Crippen LogP) is 1.19. The van der Waals surface area contributed by atoms with E-state index in [1.54, 1.807) is 21.8 Å². The molecule has 0 aliphatic heterocycles. The predicted molar refractivity (Wildman–Crippen MR) is 60.9 cm³/mol. The first kappa shape index (κ1) is 10.9. The van der Waals surface area contributed by atoms with Crippen LogP contribution in [0.1, 0.15) is 12.6 Å². The monoisotopic (exact) mass is 238 g/mol. The minimum Gasteiger partial charge on any atom is -0.288 e. The number of rotatable bonds is 3. The number of hydrogen-bond acceptors (Lipinski definition) is 3. The average Bonchev–Trinajstić information content (AvgIpc) is 2.78. The van der Waals surface area contributed by atoms with Crippen molar-refractivity contribution in [3.63, 3.8) is 0 Å². The first-order valence-electron chi connectivity index (χ1n) is 4.92. The number of alkyl halides is 1. The molecule has 0 atom stereocenters. The minimum atomic E-state index is -0.144. The number of aromatic nitrogens is 4. The molecule has 6 heteroatoms. The Bertz CT molecular complexity index is 546. The summed E-state index contributed by atoms with van der Waals surface area (Å²) in [5.41, 5.74) is 1.01. The Balaban J connectivity index is 2.44. The highest BCUT2D eigenvalue weighted by molar-refractivity contribution is 6.16. The summed E-state index contributed by atoms with van der Waals surface area (Å²) in [6, 6.07) is 1.45. The third-order valence-corrected chi connectivity index (χ3v) is 2.47. The van der Waals surface area contributed by atoms with E-state index in [0.29, 0.717) is 5.69 Å². The van der Waals surface area contributed by atoms with Crippen molar-refractivity contribution in [3.8, 4) is 5.69 Å². The summed E-state index contributed by atoms with van der Waals surface area (Å²) in [5, 5.41) is 8.26. The zero-order valence-electron chi connectivity index (χ0n) is 8.80. The lowest BCUT2D eigenvalue weighted by atomic mass is 10.4. The van der Waals surface area contributed by atoms with Crippen molar-refractivity contribution in [3.05, 3.63) is 40.6 Å². The van der Waals surface area contributed by atoms with Crippen molar-refractivity contribution in [1.82, 2.24) is 19.6 Å². The lowest BCUT2D eigenvalue weighted by Gasteiger charge is -2.02. The molecule has 2 aromatic rings. The molecule has 0 amide bonds. The van der Waals surface area contributed by atoms with Gasteiger partial charge in [-0.25, -0.2) is 4.68 Å². The highest BCUT2D eigenvalue weighted by Gasteiger charge is 2.04. The summed E-state index contributed by atoms with van der Waals surface area (Å²) in [7, 11) is 0. The molecule has 0 saturated heterocycles. The van der Waals surface area contributed by atoms with Crippen LogP contribution in [0.5, 0.6) is 0 Å². The van der Waals surface area contributed by atoms with Gasteiger partial charge in [0.25, 0.3) is 0 Å². The maximum absolute atomic E-state index is 11.3. The molecular weight excluding hydrogens is 228 g/mol. The zero-order chi connectivity index (χ0) is 11.5. The van der Waals surface area contributed by atoms with Crippen molar-refractivity contribution >= 4 is 11.6 Å². The Morgan fingerprint density at radius 1 is 1.50 bits per heavy atom. The Hall–Kier alpha value is -1.62. The van der Waals surface area contributed by atoms with Gasteiger partial charge in [-0.3, -0.25) is 9.48 Å². The van der Waals surface area contributed by atoms with Crippen molar-refractivity contribution < 1.29 is 0 Å². The largest absolute Gasteiger partial charge is 0.288 e. The SMILES string of the molecule is CCn1cc(-n2ccc(=O)c(CCl)n2)cn1. The van der Waals surface area contributed by atoms with Gasteiger partial charge in [-0.2, -0.15) is 10.2 Å². The Kier molecular flexibility index (Phi) is 3.05. The second-order valence-corrected chi connectivity index (χ2v) is 3.53. The molecule has 0 saturated carbocycles. The van der Waals surface area contributed by atoms with E-state index < -0.39 is 0 Å². The molecule has 0 unspecified atom stereocenters. The highest BCUT2D eigenvalue weighted by Crippen LogP contribution is 2.04. The van der Waals surface area contributed by atoms with E-state index in [1.807, 2.05) is 13.1 Å². The molecule has 0 bridgehead atoms. The van der Waals surface area contributed by atoms with Gasteiger partial charge < -0.3 is 0 Å². The lowest BCUT2D eigenvalue weighted by molar-refractivity contribution is 0.658. The van der Waals surface area contributed by atoms with E-state index in [9.17, 15) is 4.79 Å². The normalized spacial score (nSPS) is 10.6. The van der Waals surface area contributed by atoms with Crippen LogP contribution in [0, 0.1) is 0 Å². The molecule has 0 fully saturated rings. The van der Waals surface area contributed by atoms with E-state index in [0.717, 1.165) is 12.2 Å². The lowest BCUT2D eigenvalue weighted by Crippen LogP contribution is -2.14. The van der Waals surface area contributed by atoms with Crippen molar-refractivity contribution in [2.45, 2.75) is 19.3 Å². The molecule has 2 aromatic heterocycles. The summed E-state index contributed by atoms with van der Waals surface area (Å²) in [6.45, 7) is 2.79. The van der Waals surface area contributed by atoms with Crippen molar-refractivity contribution in [1.29, 1.82) is 0 Å². The Morgan fingerprint density at radius 2 is 2.31 bits per heavy atom. The van der Waals surface area contributed by atoms with Crippen molar-refractivity contribution in [2.24, 2.45) is 0 Å². The average molecular weight is 239 g/mol. The summed E-state index contributed by atoms with van der Waals surface area (Å²) in [6.07, 6.45) is 5.16. The van der Waals surface area contributed by atoms with Gasteiger partial charge in [0.15, 0.2) is 0 Å². The fourth-order valence-corrected chi connectivity index (χ4v) is 1.51. The molecule has 84 valence electrons. The first-order chi connectivity index (χ1) is 7.74. The van der Waals surface area contributed by atoms with Crippen LogP contribution in [-0.4, -0.2) is 19.6 Å². The zero-order valence-corrected chi connectivity index (χ0v) is 9.55. The summed E-state index contributed by atoms with van der Waals surface area (Å²) in [5.74, 6) is 0.113. The van der Waals surface area contributed by atoms with Gasteiger partial charge in [-0.15, -0.1) is 11.6 Å². The molecule has 0 spiro atoms. The fraction of sp³-hybridized carbons (Fsp3) is 0.300. The second-order valence-electron chi connectivity index (χ2n) is 3.26. The van der Waals surface area contributed by atoms with Gasteiger partial charge in [0.05, 0.1) is 18.3 Å². The van der Waals surface area contributed by atoms with Crippen LogP contribution >= 0.6 is 11.6 Å². The van der Waals surface area contributed by atoms with E-state index in [1.165, 1.54) is 6.07 Å². The van der Waals surface area contributed by atoms with Gasteiger partial charge >= 0.3 is 0 Å². The van der Waals surface area contributed by atoms with E-state index in [-0.39, 0.29) is 11.3 Å². The molecule has 0 N–H and O–H groups in total. The van der Waals surface area contributed by atoms with Gasteiger partial charge in [0, 0.05) is 18.8 Å². The van der Waals surface area contributed by atoms with Crippen LogP contribution < -0.4 is 5.43 Å². The molecule has 5 nitrogen and oxygen atoms in total. The third-order valence-electron chi connectivity index (χ3n) is 2.21. The Labute approximate surface area is 97.3 Å². The summed E-state index contributed by atoms with van der Waals surface area (Å²) in [4.78, 5) is 11.3. The Morgan fingerprint density at radius 3 is 2.94 bits per heavy atom. The second kappa shape index (κ2) is 4.49. The summed E-state index contributed by atoms with van der Waals surface area (Å²) < 4.78 is 3.38. The molecule has 2 rings (SSSR count). The maximum Gasteiger partial charge on any atom is 0.204 e. The van der Waals surface area contributed by atoms with E-state index in [4.69, 9.17) is 11.6 Å². The van der Waals surface area contributed by atoms with Crippen LogP contribution in [0.2, 0.25) is 0 Å². The smallest absolute Gasteiger partial charge is 0.204 e. The molecular formula is C10H11ClN4O. The molecule has 0 aliphatic carbocycles. The third kappa shape index (κ3) is 1.99. The molecule has 16 heavy (non-hydrogen) atoms. The maximum atomic E-state index is 11.3. The van der Waals surface area contributed by atoms with E-state index >= 15 is 0 Å². The van der Waals surface area contributed by atoms with Gasteiger partial charge in [0.2, 0.25) is 5.43 Å². The summed E-state index contributed by atoms with van der Waals surface area (Å²) >= 11 is 5.63. The van der Waals surface area contributed by atoms with Crippen LogP contribution in [0.15, 0.2) is 29.5 Å². The number of aryl methyl sites for hydroxylation is 1. The van der Waals surface area contributed by atoms with Crippen molar-refractivity contribution in [2.75, 3.05) is 0 Å². The molecule has 0 radical (unpaired) electrons. The minimum absolute atomic E-state index is 0.113. The fourth-order valence-electron chi connectivity index (χ4n) is 1.33. The molecule has 2 heterocycles. The molecule has 0 aliphatic rings.